The monoisotopic (exact) mass is 176 g/mol. The molecule has 2 heterocycles. The molecule has 3 nitrogen and oxygen atoms in total. The van der Waals surface area contributed by atoms with Crippen LogP contribution in [0, 0.1) is 6.92 Å². The lowest BCUT2D eigenvalue weighted by Crippen LogP contribution is -1.85. The number of aromatic nitrogens is 2. The molecule has 0 aliphatic carbocycles. The molecule has 0 unspecified atom stereocenters. The fraction of sp³-hybridized carbons (Fsp3) is 0.300. The third-order valence-electron chi connectivity index (χ3n) is 1.94. The van der Waals surface area contributed by atoms with Crippen LogP contribution in [0.25, 0.3) is 5.65 Å². The Balaban J connectivity index is 2.49. The van der Waals surface area contributed by atoms with Gasteiger partial charge in [0.25, 0.3) is 0 Å². The molecule has 13 heavy (non-hydrogen) atoms. The highest BCUT2D eigenvalue weighted by atomic mass is 16.5. The van der Waals surface area contributed by atoms with E-state index in [2.05, 4.69) is 24.2 Å². The summed E-state index contributed by atoms with van der Waals surface area (Å²) in [5.74, 6) is 0. The van der Waals surface area contributed by atoms with E-state index in [0.29, 0.717) is 6.61 Å². The molecule has 2 aromatic rings. The van der Waals surface area contributed by atoms with Crippen molar-refractivity contribution in [1.82, 2.24) is 9.38 Å². The summed E-state index contributed by atoms with van der Waals surface area (Å²) in [6.45, 7) is 2.64. The summed E-state index contributed by atoms with van der Waals surface area (Å²) in [4.78, 5) is 4.38. The minimum absolute atomic E-state index is 0.570. The minimum Gasteiger partial charge on any atom is -0.378 e. The molecular weight excluding hydrogens is 164 g/mol. The Bertz CT molecular complexity index is 420. The minimum atomic E-state index is 0.570. The van der Waals surface area contributed by atoms with Crippen LogP contribution in [-0.2, 0) is 11.3 Å². The summed E-state index contributed by atoms with van der Waals surface area (Å²) in [6.07, 6.45) is 4.05. The van der Waals surface area contributed by atoms with Crippen molar-refractivity contribution in [3.05, 3.63) is 35.8 Å². The first-order valence-corrected chi connectivity index (χ1v) is 4.23. The first kappa shape index (κ1) is 8.26. The molecule has 0 atom stereocenters. The van der Waals surface area contributed by atoms with Crippen molar-refractivity contribution in [2.45, 2.75) is 13.5 Å². The summed E-state index contributed by atoms with van der Waals surface area (Å²) >= 11 is 0. The molecule has 3 heteroatoms. The first-order valence-electron chi connectivity index (χ1n) is 4.23. The Morgan fingerprint density at radius 1 is 1.38 bits per heavy atom. The van der Waals surface area contributed by atoms with Gasteiger partial charge in [0, 0.05) is 19.5 Å². The van der Waals surface area contributed by atoms with E-state index in [1.165, 1.54) is 5.56 Å². The van der Waals surface area contributed by atoms with Crippen LogP contribution in [0.15, 0.2) is 24.5 Å². The maximum atomic E-state index is 5.01. The molecular formula is C10H12N2O. The van der Waals surface area contributed by atoms with Gasteiger partial charge in [-0.1, -0.05) is 6.07 Å². The van der Waals surface area contributed by atoms with E-state index in [9.17, 15) is 0 Å². The van der Waals surface area contributed by atoms with E-state index in [1.807, 2.05) is 16.7 Å². The van der Waals surface area contributed by atoms with Crippen LogP contribution < -0.4 is 0 Å². The molecule has 0 N–H and O–H groups in total. The maximum absolute atomic E-state index is 5.01. The Hall–Kier alpha value is -1.35. The molecule has 0 amide bonds. The van der Waals surface area contributed by atoms with Gasteiger partial charge < -0.3 is 9.14 Å². The topological polar surface area (TPSA) is 26.5 Å². The summed E-state index contributed by atoms with van der Waals surface area (Å²) in [6, 6.07) is 4.06. The summed E-state index contributed by atoms with van der Waals surface area (Å²) in [7, 11) is 1.68. The number of nitrogens with zero attached hydrogens (tertiary/aromatic N) is 2. The quantitative estimate of drug-likeness (QED) is 0.697. The van der Waals surface area contributed by atoms with E-state index in [4.69, 9.17) is 4.74 Å². The predicted octanol–water partition coefficient (Wildman–Crippen LogP) is 1.79. The fourth-order valence-electron chi connectivity index (χ4n) is 1.37. The number of hydrogen-bond acceptors (Lipinski definition) is 2. The number of hydrogen-bond donors (Lipinski definition) is 0. The number of ether oxygens (including phenoxy) is 1. The summed E-state index contributed by atoms with van der Waals surface area (Å²) in [5, 5.41) is 0. The Kier molecular flexibility index (Phi) is 2.02. The molecule has 0 spiro atoms. The molecule has 2 rings (SSSR count). The van der Waals surface area contributed by atoms with Crippen molar-refractivity contribution in [3.8, 4) is 0 Å². The van der Waals surface area contributed by atoms with Crippen molar-refractivity contribution >= 4 is 5.65 Å². The number of aryl methyl sites for hydroxylation is 1. The van der Waals surface area contributed by atoms with Gasteiger partial charge in [-0.3, -0.25) is 0 Å². The second kappa shape index (κ2) is 3.18. The highest BCUT2D eigenvalue weighted by Crippen LogP contribution is 2.07. The van der Waals surface area contributed by atoms with Gasteiger partial charge in [0.15, 0.2) is 0 Å². The molecule has 0 radical (unpaired) electrons. The number of pyridine rings is 1. The van der Waals surface area contributed by atoms with Gasteiger partial charge >= 0.3 is 0 Å². The standard InChI is InChI=1S/C10H12N2O/c1-8-3-4-10-11-9(7-13-2)6-12(10)5-8/h3-6H,7H2,1-2H3. The van der Waals surface area contributed by atoms with Crippen molar-refractivity contribution in [2.75, 3.05) is 7.11 Å². The van der Waals surface area contributed by atoms with Crippen LogP contribution in [0.2, 0.25) is 0 Å². The maximum Gasteiger partial charge on any atom is 0.137 e. The van der Waals surface area contributed by atoms with Crippen molar-refractivity contribution in [1.29, 1.82) is 0 Å². The average molecular weight is 176 g/mol. The van der Waals surface area contributed by atoms with Crippen LogP contribution >= 0.6 is 0 Å². The molecule has 2 aromatic heterocycles. The van der Waals surface area contributed by atoms with Crippen LogP contribution in [0.4, 0.5) is 0 Å². The highest BCUT2D eigenvalue weighted by Gasteiger charge is 1.99. The lowest BCUT2D eigenvalue weighted by Gasteiger charge is -1.93. The average Bonchev–Trinajstić information content (AvgIpc) is 2.46. The van der Waals surface area contributed by atoms with Crippen LogP contribution in [0.5, 0.6) is 0 Å². The van der Waals surface area contributed by atoms with Crippen LogP contribution in [0.1, 0.15) is 11.3 Å². The Labute approximate surface area is 77.0 Å². The van der Waals surface area contributed by atoms with Gasteiger partial charge in [-0.05, 0) is 18.6 Å². The van der Waals surface area contributed by atoms with Crippen molar-refractivity contribution in [3.63, 3.8) is 0 Å². The van der Waals surface area contributed by atoms with E-state index < -0.39 is 0 Å². The van der Waals surface area contributed by atoms with Gasteiger partial charge in [-0.2, -0.15) is 0 Å². The molecule has 0 aromatic carbocycles. The smallest absolute Gasteiger partial charge is 0.137 e. The van der Waals surface area contributed by atoms with Gasteiger partial charge in [0.1, 0.15) is 5.65 Å². The van der Waals surface area contributed by atoms with Crippen molar-refractivity contribution < 1.29 is 4.74 Å². The largest absolute Gasteiger partial charge is 0.378 e. The van der Waals surface area contributed by atoms with E-state index in [0.717, 1.165) is 11.3 Å². The summed E-state index contributed by atoms with van der Waals surface area (Å²) < 4.78 is 7.03. The predicted molar refractivity (Wildman–Crippen MR) is 50.6 cm³/mol. The summed E-state index contributed by atoms with van der Waals surface area (Å²) in [5.41, 5.74) is 3.17. The number of methoxy groups -OCH3 is 1. The first-order chi connectivity index (χ1) is 6.29. The lowest BCUT2D eigenvalue weighted by atomic mass is 10.3. The highest BCUT2D eigenvalue weighted by molar-refractivity contribution is 5.41. The number of fused-ring (bicyclic) bond motifs is 1. The lowest BCUT2D eigenvalue weighted by molar-refractivity contribution is 0.182. The van der Waals surface area contributed by atoms with Crippen molar-refractivity contribution in [2.24, 2.45) is 0 Å². The van der Waals surface area contributed by atoms with E-state index in [-0.39, 0.29) is 0 Å². The van der Waals surface area contributed by atoms with Gasteiger partial charge in [-0.25, -0.2) is 4.98 Å². The van der Waals surface area contributed by atoms with Gasteiger partial charge in [-0.15, -0.1) is 0 Å². The number of rotatable bonds is 2. The number of imidazole rings is 1. The molecule has 0 saturated carbocycles. The Morgan fingerprint density at radius 2 is 2.23 bits per heavy atom. The third-order valence-corrected chi connectivity index (χ3v) is 1.94. The second-order valence-electron chi connectivity index (χ2n) is 3.14. The fourth-order valence-corrected chi connectivity index (χ4v) is 1.37. The second-order valence-corrected chi connectivity index (χ2v) is 3.14. The van der Waals surface area contributed by atoms with Crippen LogP contribution in [0.3, 0.4) is 0 Å². The zero-order chi connectivity index (χ0) is 9.26. The zero-order valence-corrected chi connectivity index (χ0v) is 7.82. The SMILES string of the molecule is COCc1cn2cc(C)ccc2n1. The molecule has 0 aliphatic heterocycles. The van der Waals surface area contributed by atoms with E-state index >= 15 is 0 Å². The normalized spacial score (nSPS) is 10.9. The molecule has 0 saturated heterocycles. The molecule has 0 aliphatic rings. The molecule has 68 valence electrons. The van der Waals surface area contributed by atoms with E-state index in [1.54, 1.807) is 7.11 Å². The molecule has 0 fully saturated rings. The van der Waals surface area contributed by atoms with Gasteiger partial charge in [0.05, 0.1) is 12.3 Å². The third kappa shape index (κ3) is 1.55. The van der Waals surface area contributed by atoms with Crippen LogP contribution in [-0.4, -0.2) is 16.5 Å². The van der Waals surface area contributed by atoms with Gasteiger partial charge in [0.2, 0.25) is 0 Å². The molecule has 0 bridgehead atoms. The Morgan fingerprint density at radius 3 is 3.00 bits per heavy atom. The zero-order valence-electron chi connectivity index (χ0n) is 7.82.